The molecule has 3 fully saturated rings. The van der Waals surface area contributed by atoms with Crippen LogP contribution in [0.5, 0.6) is 11.6 Å². The summed E-state index contributed by atoms with van der Waals surface area (Å²) in [6, 6.07) is 7.04. The molecule has 8 heteroatoms. The van der Waals surface area contributed by atoms with Gasteiger partial charge in [-0.15, -0.1) is 0 Å². The minimum Gasteiger partial charge on any atom is -0.496 e. The maximum Gasteiger partial charge on any atom is 0.260 e. The highest BCUT2D eigenvalue weighted by Crippen LogP contribution is 2.58. The average Bonchev–Trinajstić information content (AvgIpc) is 3.38. The summed E-state index contributed by atoms with van der Waals surface area (Å²) in [6.45, 7) is 2.82. The normalized spacial score (nSPS) is 24.9. The van der Waals surface area contributed by atoms with Crippen molar-refractivity contribution in [3.05, 3.63) is 47.9 Å². The predicted molar refractivity (Wildman–Crippen MR) is 106 cm³/mol. The number of carbonyl (C=O) groups is 1. The lowest BCUT2D eigenvalue weighted by atomic mass is 9.62. The fraction of sp³-hybridized carbons (Fsp3) is 0.381. The third-order valence-electron chi connectivity index (χ3n) is 5.86. The van der Waals surface area contributed by atoms with Crippen molar-refractivity contribution < 1.29 is 19.0 Å². The quantitative estimate of drug-likeness (QED) is 0.716. The molecule has 3 aromatic rings. The van der Waals surface area contributed by atoms with Crippen molar-refractivity contribution in [2.24, 2.45) is 0 Å². The summed E-state index contributed by atoms with van der Waals surface area (Å²) in [7, 11) is 3.07. The number of anilines is 1. The van der Waals surface area contributed by atoms with Crippen molar-refractivity contribution in [2.45, 2.75) is 30.8 Å². The van der Waals surface area contributed by atoms with Gasteiger partial charge >= 0.3 is 0 Å². The summed E-state index contributed by atoms with van der Waals surface area (Å²) < 4.78 is 18.5. The molecule has 6 rings (SSSR count). The number of nitrogens with zero attached hydrogens (tertiary/aromatic N) is 3. The lowest BCUT2D eigenvalue weighted by Gasteiger charge is -2.41. The van der Waals surface area contributed by atoms with Gasteiger partial charge in [0.1, 0.15) is 5.75 Å². The number of rotatable bonds is 5. The molecule has 150 valence electrons. The highest BCUT2D eigenvalue weighted by Gasteiger charge is 2.61. The van der Waals surface area contributed by atoms with Crippen LogP contribution >= 0.6 is 0 Å². The number of para-hydroxylation sites is 1. The van der Waals surface area contributed by atoms with Gasteiger partial charge in [0.25, 0.3) is 11.8 Å². The topological polar surface area (TPSA) is 87.0 Å². The molecule has 1 amide bonds. The lowest BCUT2D eigenvalue weighted by Crippen LogP contribution is -2.45. The van der Waals surface area contributed by atoms with Crippen LogP contribution in [0.3, 0.4) is 0 Å². The molecule has 1 N–H and O–H groups in total. The van der Waals surface area contributed by atoms with Crippen LogP contribution in [0.15, 0.2) is 36.7 Å². The van der Waals surface area contributed by atoms with E-state index in [9.17, 15) is 4.79 Å². The van der Waals surface area contributed by atoms with Crippen molar-refractivity contribution in [1.29, 1.82) is 0 Å². The Morgan fingerprint density at radius 1 is 1.17 bits per heavy atom. The van der Waals surface area contributed by atoms with Crippen LogP contribution in [0.25, 0.3) is 5.65 Å². The van der Waals surface area contributed by atoms with Crippen LogP contribution in [0.1, 0.15) is 35.8 Å². The Kier molecular flexibility index (Phi) is 3.82. The van der Waals surface area contributed by atoms with E-state index in [0.717, 1.165) is 18.5 Å². The standard InChI is InChI=1S/C21H22N4O4/c1-20-10-21(11-20,12-29-20)15-8-25-9-16(24-19(28-3)17(25)22-15)23-18(26)13-6-4-5-7-14(13)27-2/h4-9H,10-12H2,1-3H3,(H,23,26). The van der Waals surface area contributed by atoms with Crippen LogP contribution < -0.4 is 14.8 Å². The molecule has 2 aliphatic heterocycles. The Bertz CT molecular complexity index is 1120. The number of hydrogen-bond acceptors (Lipinski definition) is 6. The lowest BCUT2D eigenvalue weighted by molar-refractivity contribution is 0.0154. The smallest absolute Gasteiger partial charge is 0.260 e. The number of carbonyl (C=O) groups excluding carboxylic acids is 1. The second kappa shape index (κ2) is 6.18. The highest BCUT2D eigenvalue weighted by atomic mass is 16.5. The molecule has 1 aromatic carbocycles. The van der Waals surface area contributed by atoms with E-state index >= 15 is 0 Å². The van der Waals surface area contributed by atoms with Crippen LogP contribution in [0, 0.1) is 0 Å². The van der Waals surface area contributed by atoms with Crippen LogP contribution in [0.2, 0.25) is 0 Å². The maximum atomic E-state index is 12.7. The molecule has 1 aliphatic carbocycles. The van der Waals surface area contributed by atoms with Gasteiger partial charge in [0, 0.05) is 11.6 Å². The van der Waals surface area contributed by atoms with Crippen molar-refractivity contribution in [3.8, 4) is 11.6 Å². The number of fused-ring (bicyclic) bond motifs is 2. The van der Waals surface area contributed by atoms with E-state index < -0.39 is 0 Å². The molecule has 8 nitrogen and oxygen atoms in total. The van der Waals surface area contributed by atoms with Crippen molar-refractivity contribution >= 4 is 17.4 Å². The first kappa shape index (κ1) is 17.9. The van der Waals surface area contributed by atoms with Gasteiger partial charge in [-0.25, -0.2) is 4.98 Å². The van der Waals surface area contributed by atoms with Crippen LogP contribution in [-0.2, 0) is 10.2 Å². The van der Waals surface area contributed by atoms with E-state index in [1.165, 1.54) is 7.11 Å². The number of nitrogens with one attached hydrogen (secondary N) is 1. The molecule has 0 radical (unpaired) electrons. The number of benzene rings is 1. The monoisotopic (exact) mass is 394 g/mol. The molecule has 2 bridgehead atoms. The minimum atomic E-state index is -0.311. The minimum absolute atomic E-state index is 0.0218. The summed E-state index contributed by atoms with van der Waals surface area (Å²) in [5, 5.41) is 2.82. The molecule has 0 unspecified atom stereocenters. The Morgan fingerprint density at radius 2 is 1.97 bits per heavy atom. The second-order valence-electron chi connectivity index (χ2n) is 8.02. The Morgan fingerprint density at radius 3 is 2.66 bits per heavy atom. The van der Waals surface area contributed by atoms with Gasteiger partial charge in [0.15, 0.2) is 5.82 Å². The van der Waals surface area contributed by atoms with Gasteiger partial charge in [0.2, 0.25) is 5.65 Å². The number of methoxy groups -OCH3 is 2. The SMILES string of the molecule is COc1ccccc1C(=O)Nc1cn2cc(C34COC(C)(C3)C4)nc2c(OC)n1. The number of imidazole rings is 1. The third kappa shape index (κ3) is 2.74. The molecule has 0 spiro atoms. The second-order valence-corrected chi connectivity index (χ2v) is 8.02. The Labute approximate surface area is 167 Å². The van der Waals surface area contributed by atoms with E-state index in [0.29, 0.717) is 35.3 Å². The summed E-state index contributed by atoms with van der Waals surface area (Å²) in [4.78, 5) is 21.9. The van der Waals surface area contributed by atoms with Gasteiger partial charge in [-0.3, -0.25) is 9.20 Å². The summed E-state index contributed by atoms with van der Waals surface area (Å²) in [6.07, 6.45) is 5.66. The molecule has 2 saturated heterocycles. The predicted octanol–water partition coefficient (Wildman–Crippen LogP) is 2.82. The highest BCUT2D eigenvalue weighted by molar-refractivity contribution is 6.05. The first-order chi connectivity index (χ1) is 14.0. The Balaban J connectivity index is 1.48. The zero-order valence-corrected chi connectivity index (χ0v) is 16.6. The van der Waals surface area contributed by atoms with Gasteiger partial charge < -0.3 is 19.5 Å². The molecular formula is C21H22N4O4. The van der Waals surface area contributed by atoms with Gasteiger partial charge in [0.05, 0.1) is 43.9 Å². The van der Waals surface area contributed by atoms with Crippen LogP contribution in [0.4, 0.5) is 5.82 Å². The largest absolute Gasteiger partial charge is 0.496 e. The Hall–Kier alpha value is -3.13. The van der Waals surface area contributed by atoms with E-state index in [4.69, 9.17) is 19.2 Å². The van der Waals surface area contributed by atoms with E-state index in [-0.39, 0.29) is 16.9 Å². The molecule has 4 heterocycles. The zero-order valence-electron chi connectivity index (χ0n) is 16.6. The van der Waals surface area contributed by atoms with Crippen molar-refractivity contribution in [1.82, 2.24) is 14.4 Å². The number of hydrogen-bond donors (Lipinski definition) is 1. The molecule has 0 atom stereocenters. The molecule has 3 aliphatic rings. The average molecular weight is 394 g/mol. The first-order valence-corrected chi connectivity index (χ1v) is 9.48. The van der Waals surface area contributed by atoms with Gasteiger partial charge in [-0.2, -0.15) is 4.98 Å². The van der Waals surface area contributed by atoms with E-state index in [1.54, 1.807) is 31.5 Å². The number of amides is 1. The van der Waals surface area contributed by atoms with Gasteiger partial charge in [-0.05, 0) is 31.9 Å². The summed E-state index contributed by atoms with van der Waals surface area (Å²) in [5.74, 6) is 0.907. The van der Waals surface area contributed by atoms with Crippen LogP contribution in [-0.4, -0.2) is 46.7 Å². The van der Waals surface area contributed by atoms with Crippen molar-refractivity contribution in [3.63, 3.8) is 0 Å². The van der Waals surface area contributed by atoms with E-state index in [1.807, 2.05) is 16.7 Å². The fourth-order valence-electron chi connectivity index (χ4n) is 4.59. The molecular weight excluding hydrogens is 372 g/mol. The maximum absolute atomic E-state index is 12.7. The first-order valence-electron chi connectivity index (χ1n) is 9.48. The molecule has 2 aromatic heterocycles. The number of aromatic nitrogens is 3. The third-order valence-corrected chi connectivity index (χ3v) is 5.86. The summed E-state index contributed by atoms with van der Waals surface area (Å²) >= 11 is 0. The molecule has 1 saturated carbocycles. The van der Waals surface area contributed by atoms with E-state index in [2.05, 4.69) is 17.2 Å². The number of ether oxygens (including phenoxy) is 3. The van der Waals surface area contributed by atoms with Crippen molar-refractivity contribution in [2.75, 3.05) is 26.1 Å². The fourth-order valence-corrected chi connectivity index (χ4v) is 4.59. The zero-order chi connectivity index (χ0) is 20.2. The molecule has 29 heavy (non-hydrogen) atoms. The van der Waals surface area contributed by atoms with Gasteiger partial charge in [-0.1, -0.05) is 12.1 Å². The summed E-state index contributed by atoms with van der Waals surface area (Å²) in [5.41, 5.74) is 1.96.